The Morgan fingerprint density at radius 3 is 2.48 bits per heavy atom. The number of carbonyl (C=O) groups is 2. The van der Waals surface area contributed by atoms with Gasteiger partial charge in [-0.05, 0) is 53.3 Å². The third-order valence-electron chi connectivity index (χ3n) is 5.29. The van der Waals surface area contributed by atoms with E-state index in [4.69, 9.17) is 17.8 Å². The molecular weight excluding hydrogens is 558 g/mol. The summed E-state index contributed by atoms with van der Waals surface area (Å²) >= 11 is 0.668. The van der Waals surface area contributed by atoms with Crippen LogP contribution < -0.4 is 14.7 Å². The molecule has 0 atom stereocenters. The van der Waals surface area contributed by atoms with Crippen molar-refractivity contribution in [2.24, 2.45) is 0 Å². The second kappa shape index (κ2) is 15.0. The van der Waals surface area contributed by atoms with E-state index in [1.807, 2.05) is 55.5 Å². The number of aromatic carboxylic acids is 1. The summed E-state index contributed by atoms with van der Waals surface area (Å²) in [5, 5.41) is 15.1. The number of aryl methyl sites for hydroxylation is 1. The number of nitrogens with one attached hydrogen (secondary N) is 2. The number of benzene rings is 3. The lowest BCUT2D eigenvalue weighted by Gasteiger charge is -2.09. The number of para-hydroxylation sites is 1. The van der Waals surface area contributed by atoms with Gasteiger partial charge in [0.15, 0.2) is 4.60 Å². The summed E-state index contributed by atoms with van der Waals surface area (Å²) in [6, 6.07) is 21.0. The number of rotatable bonds is 10. The predicted octanol–water partition coefficient (Wildman–Crippen LogP) is 4.35. The van der Waals surface area contributed by atoms with Gasteiger partial charge in [0.05, 0.1) is 17.9 Å². The van der Waals surface area contributed by atoms with Gasteiger partial charge in [-0.15, -0.1) is 0 Å². The Morgan fingerprint density at radius 2 is 1.77 bits per heavy atom. The van der Waals surface area contributed by atoms with Crippen LogP contribution in [0.15, 0.2) is 88.5 Å². The van der Waals surface area contributed by atoms with Crippen molar-refractivity contribution in [1.82, 2.24) is 5.16 Å². The van der Waals surface area contributed by atoms with Crippen LogP contribution in [0.5, 0.6) is 5.75 Å². The monoisotopic (exact) mass is 582 g/mol. The first-order valence-electron chi connectivity index (χ1n) is 11.6. The highest BCUT2D eigenvalue weighted by Crippen LogP contribution is 2.27. The topological polar surface area (TPSA) is 162 Å². The Kier molecular flexibility index (Phi) is 11.2. The third-order valence-corrected chi connectivity index (χ3v) is 6.23. The minimum atomic E-state index is -1.11. The van der Waals surface area contributed by atoms with Crippen molar-refractivity contribution in [3.63, 3.8) is 0 Å². The van der Waals surface area contributed by atoms with Crippen LogP contribution in [-0.4, -0.2) is 42.9 Å². The zero-order chi connectivity index (χ0) is 28.9. The largest absolute Gasteiger partial charge is 0.492 e. The van der Waals surface area contributed by atoms with Gasteiger partial charge in [-0.1, -0.05) is 70.1 Å². The second-order valence-corrected chi connectivity index (χ2v) is 9.20. The van der Waals surface area contributed by atoms with Gasteiger partial charge in [-0.25, -0.2) is 4.79 Å². The van der Waals surface area contributed by atoms with E-state index >= 15 is 0 Å². The quantitative estimate of drug-likeness (QED) is 0.140. The van der Waals surface area contributed by atoms with Crippen LogP contribution in [0.2, 0.25) is 0 Å². The third kappa shape index (κ3) is 8.38. The van der Waals surface area contributed by atoms with Crippen LogP contribution in [-0.2, 0) is 16.4 Å². The van der Waals surface area contributed by atoms with Gasteiger partial charge in [-0.3, -0.25) is 4.79 Å². The highest BCUT2D eigenvalue weighted by molar-refractivity contribution is 7.99. The molecule has 0 bridgehead atoms. The SMILES string of the molecule is Cc1cc(/C=C/C(=O)Nc2ccccc2C(=O)O)ccc1OCCSc1[nH]o[n+](=O)c1-c1ccccc1.O=S=O. The molecule has 4 rings (SSSR count). The van der Waals surface area contributed by atoms with Crippen LogP contribution in [0, 0.1) is 11.8 Å². The summed E-state index contributed by atoms with van der Waals surface area (Å²) in [4.78, 5) is 35.6. The van der Waals surface area contributed by atoms with Crippen LogP contribution in [0.1, 0.15) is 21.5 Å². The second-order valence-electron chi connectivity index (χ2n) is 7.96. The normalized spacial score (nSPS) is 10.4. The summed E-state index contributed by atoms with van der Waals surface area (Å²) in [6.07, 6.45) is 2.99. The molecule has 11 nitrogen and oxygen atoms in total. The average Bonchev–Trinajstić information content (AvgIpc) is 3.31. The number of anilines is 1. The van der Waals surface area contributed by atoms with E-state index in [0.29, 0.717) is 33.4 Å². The number of hydrogen-bond donors (Lipinski definition) is 3. The number of carboxylic acids is 1. The molecule has 0 radical (unpaired) electrons. The summed E-state index contributed by atoms with van der Waals surface area (Å²) in [5.41, 5.74) is 3.12. The van der Waals surface area contributed by atoms with Crippen LogP contribution in [0.25, 0.3) is 17.3 Å². The van der Waals surface area contributed by atoms with Crippen molar-refractivity contribution < 1.29 is 37.1 Å². The molecule has 4 aromatic rings. The van der Waals surface area contributed by atoms with E-state index in [1.54, 1.807) is 18.2 Å². The highest BCUT2D eigenvalue weighted by atomic mass is 32.2. The summed E-state index contributed by atoms with van der Waals surface area (Å²) in [7, 11) is 0. The number of hydrogen-bond acceptors (Lipinski definition) is 8. The minimum absolute atomic E-state index is 0.0222. The molecule has 40 heavy (non-hydrogen) atoms. The summed E-state index contributed by atoms with van der Waals surface area (Å²) in [5.74, 6) is -0.266. The Bertz CT molecular complexity index is 1590. The molecule has 1 amide bonds. The zero-order valence-electron chi connectivity index (χ0n) is 21.1. The molecule has 0 saturated heterocycles. The zero-order valence-corrected chi connectivity index (χ0v) is 22.7. The van der Waals surface area contributed by atoms with Crippen molar-refractivity contribution in [3.05, 3.63) is 100 Å². The molecule has 0 spiro atoms. The van der Waals surface area contributed by atoms with Crippen molar-refractivity contribution in [2.45, 2.75) is 11.9 Å². The van der Waals surface area contributed by atoms with Crippen LogP contribution in [0.3, 0.4) is 0 Å². The van der Waals surface area contributed by atoms with Gasteiger partial charge in [-0.2, -0.15) is 8.42 Å². The number of amides is 1. The molecule has 0 unspecified atom stereocenters. The Balaban J connectivity index is 0.00000141. The fourth-order valence-electron chi connectivity index (χ4n) is 3.55. The summed E-state index contributed by atoms with van der Waals surface area (Å²) in [6.45, 7) is 2.30. The van der Waals surface area contributed by atoms with Crippen LogP contribution in [0.4, 0.5) is 5.69 Å². The van der Waals surface area contributed by atoms with Gasteiger partial charge in [0.25, 0.3) is 10.7 Å². The molecular formula is C27H24N3O8S2+. The van der Waals surface area contributed by atoms with E-state index in [2.05, 4.69) is 10.5 Å². The smallest absolute Gasteiger partial charge is 0.337 e. The predicted molar refractivity (Wildman–Crippen MR) is 149 cm³/mol. The number of carboxylic acid groups (broad SMARTS) is 1. The highest BCUT2D eigenvalue weighted by Gasteiger charge is 2.22. The summed E-state index contributed by atoms with van der Waals surface area (Å²) < 4.78 is 27.8. The molecule has 3 aromatic carbocycles. The number of H-pyrrole nitrogens is 1. The van der Waals surface area contributed by atoms with Crippen molar-refractivity contribution in [1.29, 1.82) is 0 Å². The number of aromatic amines is 1. The molecule has 1 aromatic heterocycles. The number of thioether (sulfide) groups is 1. The van der Waals surface area contributed by atoms with E-state index in [9.17, 15) is 19.6 Å². The van der Waals surface area contributed by atoms with Gasteiger partial charge >= 0.3 is 17.5 Å². The van der Waals surface area contributed by atoms with Gasteiger partial charge < -0.3 is 15.2 Å². The lowest BCUT2D eigenvalue weighted by atomic mass is 10.1. The van der Waals surface area contributed by atoms with Crippen molar-refractivity contribution >= 4 is 47.0 Å². The first-order valence-corrected chi connectivity index (χ1v) is 13.3. The molecule has 0 aliphatic rings. The van der Waals surface area contributed by atoms with Gasteiger partial charge in [0.1, 0.15) is 5.75 Å². The molecule has 0 fully saturated rings. The number of ether oxygens (including phenoxy) is 1. The molecule has 0 aliphatic carbocycles. The Labute approximate surface area is 236 Å². The molecule has 206 valence electrons. The Morgan fingerprint density at radius 1 is 1.07 bits per heavy atom. The molecule has 3 N–H and O–H groups in total. The van der Waals surface area contributed by atoms with Gasteiger partial charge in [0.2, 0.25) is 5.91 Å². The number of carbonyl (C=O) groups excluding carboxylic acids is 1. The van der Waals surface area contributed by atoms with Crippen molar-refractivity contribution in [2.75, 3.05) is 17.7 Å². The molecule has 13 heteroatoms. The molecule has 0 saturated carbocycles. The molecule has 1 heterocycles. The van der Waals surface area contributed by atoms with E-state index in [0.717, 1.165) is 16.7 Å². The van der Waals surface area contributed by atoms with E-state index in [1.165, 1.54) is 30.0 Å². The van der Waals surface area contributed by atoms with E-state index < -0.39 is 23.4 Å². The standard InChI is InChI=1S/C27H23N3O6S.O2S/c1-18-17-19(12-14-24(31)28-22-10-6-5-9-21(22)27(32)33)11-13-23(18)35-15-16-37-26-25(30(34)36-29-26)20-7-3-2-4-8-20;1-3-2/h2-14,17H,15-16H2,1H3,(H2-,28,29,31,32,33,34);/p+1/b14-12+;. The number of nitrogens with zero attached hydrogens (tertiary/aromatic N) is 1. The van der Waals surface area contributed by atoms with Crippen LogP contribution >= 0.6 is 11.8 Å². The maximum absolute atomic E-state index is 12.3. The first-order chi connectivity index (χ1) is 19.3. The van der Waals surface area contributed by atoms with E-state index in [-0.39, 0.29) is 11.3 Å². The maximum atomic E-state index is 12.3. The lowest BCUT2D eigenvalue weighted by Crippen LogP contribution is -2.12. The fourth-order valence-corrected chi connectivity index (χ4v) is 4.34. The fraction of sp³-hybridized carbons (Fsp3) is 0.111. The van der Waals surface area contributed by atoms with Crippen molar-refractivity contribution in [3.8, 4) is 17.0 Å². The number of aromatic nitrogens is 2. The Hall–Kier alpha value is -4.75. The van der Waals surface area contributed by atoms with Gasteiger partial charge in [0, 0.05) is 17.4 Å². The lowest BCUT2D eigenvalue weighted by molar-refractivity contribution is -0.704. The first kappa shape index (κ1) is 29.8. The average molecular weight is 583 g/mol. The molecule has 0 aliphatic heterocycles. The maximum Gasteiger partial charge on any atom is 0.337 e. The minimum Gasteiger partial charge on any atom is -0.492 e.